The summed E-state index contributed by atoms with van der Waals surface area (Å²) < 4.78 is 1.86. The third-order valence-corrected chi connectivity index (χ3v) is 3.85. The van der Waals surface area contributed by atoms with Gasteiger partial charge in [0.05, 0.1) is 22.4 Å². The van der Waals surface area contributed by atoms with Crippen molar-refractivity contribution in [1.29, 1.82) is 0 Å². The van der Waals surface area contributed by atoms with Crippen molar-refractivity contribution >= 4 is 22.6 Å². The van der Waals surface area contributed by atoms with Crippen LogP contribution < -0.4 is 0 Å². The lowest BCUT2D eigenvalue weighted by Gasteiger charge is -2.04. The number of benzene rings is 1. The van der Waals surface area contributed by atoms with Gasteiger partial charge in [-0.1, -0.05) is 17.7 Å². The smallest absolute Gasteiger partial charge is 0.153 e. The Morgan fingerprint density at radius 3 is 2.91 bits per heavy atom. The molecule has 0 unspecified atom stereocenters. The van der Waals surface area contributed by atoms with Crippen LogP contribution in [0.1, 0.15) is 17.2 Å². The Bertz CT molecular complexity index is 971. The van der Waals surface area contributed by atoms with Gasteiger partial charge in [-0.3, -0.25) is 0 Å². The third kappa shape index (κ3) is 2.71. The molecule has 0 fully saturated rings. The number of hydrogen-bond acceptors (Lipinski definition) is 3. The Balaban J connectivity index is 1.73. The number of aromatic nitrogens is 5. The molecular formula is C17H14ClN5. The molecule has 4 rings (SSSR count). The summed E-state index contributed by atoms with van der Waals surface area (Å²) in [6.45, 7) is 1.97. The lowest BCUT2D eigenvalue weighted by Crippen LogP contribution is -2.05. The number of aryl methyl sites for hydroxylation is 1. The molecule has 5 nitrogen and oxygen atoms in total. The molecular weight excluding hydrogens is 310 g/mol. The van der Waals surface area contributed by atoms with E-state index in [0.29, 0.717) is 11.4 Å². The van der Waals surface area contributed by atoms with E-state index in [1.807, 2.05) is 48.0 Å². The summed E-state index contributed by atoms with van der Waals surface area (Å²) in [4.78, 5) is 12.3. The zero-order valence-electron chi connectivity index (χ0n) is 12.5. The molecule has 0 saturated heterocycles. The third-order valence-electron chi connectivity index (χ3n) is 3.61. The second kappa shape index (κ2) is 5.52. The van der Waals surface area contributed by atoms with Gasteiger partial charge in [0.15, 0.2) is 5.82 Å². The van der Waals surface area contributed by atoms with E-state index < -0.39 is 0 Å². The number of pyridine rings is 1. The first-order chi connectivity index (χ1) is 11.2. The Morgan fingerprint density at radius 2 is 2.09 bits per heavy atom. The second-order valence-electron chi connectivity index (χ2n) is 5.40. The highest BCUT2D eigenvalue weighted by atomic mass is 35.5. The van der Waals surface area contributed by atoms with Crippen LogP contribution in [0.3, 0.4) is 0 Å². The summed E-state index contributed by atoms with van der Waals surface area (Å²) >= 11 is 6.03. The topological polar surface area (TPSA) is 59.4 Å². The van der Waals surface area contributed by atoms with E-state index in [1.54, 1.807) is 6.20 Å². The number of hydrogen-bond donors (Lipinski definition) is 1. The lowest BCUT2D eigenvalue weighted by molar-refractivity contribution is 0.780. The van der Waals surface area contributed by atoms with Crippen LogP contribution >= 0.6 is 11.6 Å². The van der Waals surface area contributed by atoms with Crippen LogP contribution in [0.15, 0.2) is 48.7 Å². The van der Waals surface area contributed by atoms with Crippen LogP contribution in [0, 0.1) is 6.92 Å². The number of nitrogens with one attached hydrogen (secondary N) is 1. The average Bonchev–Trinajstić information content (AvgIpc) is 3.10. The quantitative estimate of drug-likeness (QED) is 0.625. The van der Waals surface area contributed by atoms with Gasteiger partial charge in [0.25, 0.3) is 0 Å². The predicted molar refractivity (Wildman–Crippen MR) is 90.0 cm³/mol. The largest absolute Gasteiger partial charge is 0.342 e. The van der Waals surface area contributed by atoms with E-state index in [-0.39, 0.29) is 0 Å². The van der Waals surface area contributed by atoms with Gasteiger partial charge in [0.2, 0.25) is 0 Å². The number of rotatable bonds is 3. The maximum Gasteiger partial charge on any atom is 0.153 e. The molecule has 0 saturated carbocycles. The van der Waals surface area contributed by atoms with Gasteiger partial charge in [-0.15, -0.1) is 0 Å². The predicted octanol–water partition coefficient (Wildman–Crippen LogP) is 3.70. The van der Waals surface area contributed by atoms with Crippen molar-refractivity contribution in [2.45, 2.75) is 13.3 Å². The maximum absolute atomic E-state index is 6.03. The van der Waals surface area contributed by atoms with Gasteiger partial charge in [0, 0.05) is 17.6 Å². The molecule has 1 N–H and O–H groups in total. The summed E-state index contributed by atoms with van der Waals surface area (Å²) in [5.41, 5.74) is 3.83. The summed E-state index contributed by atoms with van der Waals surface area (Å²) in [6.07, 6.45) is 2.41. The fraction of sp³-hybridized carbons (Fsp3) is 0.118. The molecule has 0 aliphatic carbocycles. The fourth-order valence-corrected chi connectivity index (χ4v) is 2.82. The van der Waals surface area contributed by atoms with Crippen molar-refractivity contribution in [2.75, 3.05) is 0 Å². The molecule has 0 spiro atoms. The molecule has 0 aliphatic heterocycles. The molecule has 0 radical (unpaired) electrons. The van der Waals surface area contributed by atoms with Crippen molar-refractivity contribution in [3.8, 4) is 5.82 Å². The maximum atomic E-state index is 6.03. The van der Waals surface area contributed by atoms with E-state index in [1.165, 1.54) is 0 Å². The van der Waals surface area contributed by atoms with E-state index in [4.69, 9.17) is 11.6 Å². The van der Waals surface area contributed by atoms with Crippen molar-refractivity contribution in [3.05, 3.63) is 70.9 Å². The summed E-state index contributed by atoms with van der Waals surface area (Å²) in [7, 11) is 0. The zero-order valence-corrected chi connectivity index (χ0v) is 13.2. The van der Waals surface area contributed by atoms with Crippen LogP contribution in [0.25, 0.3) is 16.9 Å². The lowest BCUT2D eigenvalue weighted by atomic mass is 10.2. The molecule has 6 heteroatoms. The monoisotopic (exact) mass is 323 g/mol. The number of H-pyrrole nitrogens is 1. The van der Waals surface area contributed by atoms with Crippen LogP contribution in [0.4, 0.5) is 0 Å². The minimum absolute atomic E-state index is 0.643. The fourth-order valence-electron chi connectivity index (χ4n) is 2.65. The molecule has 4 aromatic rings. The van der Waals surface area contributed by atoms with E-state index in [2.05, 4.69) is 26.1 Å². The van der Waals surface area contributed by atoms with Crippen molar-refractivity contribution < 1.29 is 0 Å². The normalized spacial score (nSPS) is 11.2. The summed E-state index contributed by atoms with van der Waals surface area (Å²) in [5, 5.41) is 5.23. The van der Waals surface area contributed by atoms with E-state index >= 15 is 0 Å². The van der Waals surface area contributed by atoms with Crippen LogP contribution in [0.2, 0.25) is 5.02 Å². The average molecular weight is 324 g/mol. The molecule has 23 heavy (non-hydrogen) atoms. The molecule has 0 atom stereocenters. The first kappa shape index (κ1) is 14.0. The van der Waals surface area contributed by atoms with Crippen LogP contribution in [-0.4, -0.2) is 24.7 Å². The molecule has 0 bridgehead atoms. The highest BCUT2D eigenvalue weighted by Gasteiger charge is 2.12. The number of halogens is 1. The highest BCUT2D eigenvalue weighted by molar-refractivity contribution is 6.31. The first-order valence-corrected chi connectivity index (χ1v) is 7.68. The van der Waals surface area contributed by atoms with Gasteiger partial charge in [0.1, 0.15) is 5.82 Å². The highest BCUT2D eigenvalue weighted by Crippen LogP contribution is 2.19. The minimum Gasteiger partial charge on any atom is -0.342 e. The van der Waals surface area contributed by atoms with Crippen LogP contribution in [-0.2, 0) is 6.42 Å². The van der Waals surface area contributed by atoms with Crippen molar-refractivity contribution in [2.24, 2.45) is 0 Å². The Hall–Kier alpha value is -2.66. The van der Waals surface area contributed by atoms with Crippen LogP contribution in [0.5, 0.6) is 0 Å². The number of imidazole rings is 1. The van der Waals surface area contributed by atoms with Gasteiger partial charge >= 0.3 is 0 Å². The summed E-state index contributed by atoms with van der Waals surface area (Å²) in [6, 6.07) is 13.5. The zero-order chi connectivity index (χ0) is 15.8. The number of fused-ring (bicyclic) bond motifs is 1. The molecule has 3 aromatic heterocycles. The van der Waals surface area contributed by atoms with Gasteiger partial charge in [-0.05, 0) is 43.3 Å². The van der Waals surface area contributed by atoms with Crippen molar-refractivity contribution in [1.82, 2.24) is 24.7 Å². The molecule has 1 aromatic carbocycles. The Labute approximate surface area is 138 Å². The first-order valence-electron chi connectivity index (χ1n) is 7.30. The molecule has 114 valence electrons. The molecule has 0 aliphatic rings. The van der Waals surface area contributed by atoms with Gasteiger partial charge < -0.3 is 4.98 Å². The second-order valence-corrected chi connectivity index (χ2v) is 5.83. The van der Waals surface area contributed by atoms with E-state index in [9.17, 15) is 0 Å². The summed E-state index contributed by atoms with van der Waals surface area (Å²) in [5.74, 6) is 1.68. The minimum atomic E-state index is 0.643. The number of aromatic amines is 1. The number of nitrogens with zero attached hydrogens (tertiary/aromatic N) is 4. The van der Waals surface area contributed by atoms with E-state index in [0.717, 1.165) is 34.1 Å². The van der Waals surface area contributed by atoms with Gasteiger partial charge in [-0.25, -0.2) is 14.6 Å². The van der Waals surface area contributed by atoms with Gasteiger partial charge in [-0.2, -0.15) is 5.10 Å². The van der Waals surface area contributed by atoms with Crippen molar-refractivity contribution in [3.63, 3.8) is 0 Å². The Morgan fingerprint density at radius 1 is 1.17 bits per heavy atom. The molecule has 3 heterocycles. The standard InChI is InChI=1S/C17H14ClN5/c1-11-8-13(23(22-11)17-4-2-3-7-19-17)10-16-20-14-6-5-12(18)9-15(14)21-16/h2-9H,10H2,1H3,(H,20,21). The SMILES string of the molecule is Cc1cc(Cc2nc3ccc(Cl)cc3[nH]2)n(-c2ccccn2)n1. The molecule has 0 amide bonds. The Kier molecular flexibility index (Phi) is 3.35.